The van der Waals surface area contributed by atoms with Crippen molar-refractivity contribution in [2.24, 2.45) is 0 Å². The van der Waals surface area contributed by atoms with Gasteiger partial charge in [-0.2, -0.15) is 4.31 Å². The molecule has 2 aromatic rings. The Balaban J connectivity index is 1.71. The van der Waals surface area contributed by atoms with Crippen LogP contribution in [0.25, 0.3) is 0 Å². The Morgan fingerprint density at radius 1 is 1.21 bits per heavy atom. The molecule has 9 heteroatoms. The third-order valence-electron chi connectivity index (χ3n) is 5.03. The van der Waals surface area contributed by atoms with Crippen LogP contribution in [0, 0.1) is 6.92 Å². The van der Waals surface area contributed by atoms with Crippen molar-refractivity contribution in [2.75, 3.05) is 31.6 Å². The summed E-state index contributed by atoms with van der Waals surface area (Å²) < 4.78 is 38.0. The van der Waals surface area contributed by atoms with Crippen LogP contribution in [0.2, 0.25) is 0 Å². The zero-order valence-corrected chi connectivity index (χ0v) is 17.7. The molecule has 1 fully saturated rings. The quantitative estimate of drug-likeness (QED) is 0.699. The highest BCUT2D eigenvalue weighted by atomic mass is 32.2. The number of anilines is 1. The number of morpholine rings is 1. The van der Waals surface area contributed by atoms with Gasteiger partial charge in [0.2, 0.25) is 10.0 Å². The Bertz CT molecular complexity index is 937. The number of aryl methyl sites for hydroxylation is 1. The number of nitrogens with two attached hydrogens (primary N) is 1. The average Bonchev–Trinajstić information content (AvgIpc) is 3.25. The van der Waals surface area contributed by atoms with Gasteiger partial charge in [-0.1, -0.05) is 6.07 Å². The van der Waals surface area contributed by atoms with Crippen molar-refractivity contribution in [3.8, 4) is 0 Å². The Morgan fingerprint density at radius 3 is 2.59 bits per heavy atom. The standard InChI is InChI=1S/C20H27N3O5S/c1-14-6-7-17(13-19(14)29(25,26)23-8-11-27-12-9-23)22-20(24)16(3)21-15(2)18-5-4-10-28-18/h4-7,10,13,15-16,21H,8-9,11-12H2,1-3H3,(H,22,24)/p+1/t15-,16-/m1/s1. The molecular formula is C20H28N3O5S+. The van der Waals surface area contributed by atoms with Crippen molar-refractivity contribution in [3.63, 3.8) is 0 Å². The monoisotopic (exact) mass is 422 g/mol. The van der Waals surface area contributed by atoms with Crippen LogP contribution in [0.5, 0.6) is 0 Å². The highest BCUT2D eigenvalue weighted by Crippen LogP contribution is 2.24. The normalized spacial score (nSPS) is 17.6. The second-order valence-electron chi connectivity index (χ2n) is 7.27. The van der Waals surface area contributed by atoms with Crippen LogP contribution in [0.1, 0.15) is 31.2 Å². The molecule has 3 rings (SSSR count). The summed E-state index contributed by atoms with van der Waals surface area (Å²) in [7, 11) is -3.64. The van der Waals surface area contributed by atoms with Gasteiger partial charge in [0.1, 0.15) is 6.04 Å². The Labute approximate surface area is 171 Å². The fourth-order valence-electron chi connectivity index (χ4n) is 3.30. The van der Waals surface area contributed by atoms with E-state index in [1.54, 1.807) is 32.2 Å². The molecule has 29 heavy (non-hydrogen) atoms. The fraction of sp³-hybridized carbons (Fsp3) is 0.450. The third kappa shape index (κ3) is 5.05. The number of carbonyl (C=O) groups excluding carboxylic acids is 1. The van der Waals surface area contributed by atoms with Crippen molar-refractivity contribution >= 4 is 21.6 Å². The summed E-state index contributed by atoms with van der Waals surface area (Å²) in [6.45, 7) is 6.94. The topological polar surface area (TPSA) is 105 Å². The maximum atomic E-state index is 13.0. The van der Waals surface area contributed by atoms with Gasteiger partial charge in [-0.05, 0) is 50.6 Å². The van der Waals surface area contributed by atoms with Gasteiger partial charge in [-0.3, -0.25) is 4.79 Å². The second kappa shape index (κ2) is 9.08. The van der Waals surface area contributed by atoms with Crippen LogP contribution in [0.4, 0.5) is 5.69 Å². The summed E-state index contributed by atoms with van der Waals surface area (Å²) in [6, 6.07) is 8.25. The molecule has 1 aromatic heterocycles. The van der Waals surface area contributed by atoms with Gasteiger partial charge in [-0.15, -0.1) is 0 Å². The number of hydrogen-bond acceptors (Lipinski definition) is 5. The number of nitrogens with zero attached hydrogens (tertiary/aromatic N) is 1. The fourth-order valence-corrected chi connectivity index (χ4v) is 4.96. The van der Waals surface area contributed by atoms with Gasteiger partial charge in [0.05, 0.1) is 24.4 Å². The lowest BCUT2D eigenvalue weighted by molar-refractivity contribution is -0.711. The Morgan fingerprint density at radius 2 is 1.93 bits per heavy atom. The number of carbonyl (C=O) groups is 1. The summed E-state index contributed by atoms with van der Waals surface area (Å²) in [5.41, 5.74) is 1.10. The van der Waals surface area contributed by atoms with E-state index in [4.69, 9.17) is 9.15 Å². The molecule has 2 heterocycles. The third-order valence-corrected chi connectivity index (χ3v) is 7.07. The molecule has 0 radical (unpaired) electrons. The van der Waals surface area contributed by atoms with Gasteiger partial charge in [0, 0.05) is 18.8 Å². The molecule has 1 saturated heterocycles. The second-order valence-corrected chi connectivity index (χ2v) is 9.18. The van der Waals surface area contributed by atoms with E-state index in [1.165, 1.54) is 10.4 Å². The summed E-state index contributed by atoms with van der Waals surface area (Å²) in [4.78, 5) is 12.8. The van der Waals surface area contributed by atoms with Crippen LogP contribution in [0.3, 0.4) is 0 Å². The van der Waals surface area contributed by atoms with E-state index in [2.05, 4.69) is 5.32 Å². The van der Waals surface area contributed by atoms with E-state index in [1.807, 2.05) is 24.4 Å². The molecule has 1 aliphatic heterocycles. The smallest absolute Gasteiger partial charge is 0.282 e. The van der Waals surface area contributed by atoms with E-state index in [9.17, 15) is 13.2 Å². The number of nitrogens with one attached hydrogen (secondary N) is 1. The van der Waals surface area contributed by atoms with Crippen molar-refractivity contribution in [1.82, 2.24) is 4.31 Å². The highest BCUT2D eigenvalue weighted by molar-refractivity contribution is 7.89. The van der Waals surface area contributed by atoms with Crippen molar-refractivity contribution in [2.45, 2.75) is 37.8 Å². The molecule has 0 unspecified atom stereocenters. The van der Waals surface area contributed by atoms with Crippen molar-refractivity contribution in [3.05, 3.63) is 47.9 Å². The lowest BCUT2D eigenvalue weighted by atomic mass is 10.2. The first-order valence-corrected chi connectivity index (χ1v) is 11.1. The Hall–Kier alpha value is -2.20. The first-order chi connectivity index (χ1) is 13.8. The van der Waals surface area contributed by atoms with E-state index in [0.29, 0.717) is 37.6 Å². The number of furan rings is 1. The number of rotatable bonds is 7. The summed E-state index contributed by atoms with van der Waals surface area (Å²) in [5.74, 6) is 0.584. The molecule has 0 bridgehead atoms. The molecule has 1 amide bonds. The highest BCUT2D eigenvalue weighted by Gasteiger charge is 2.28. The molecule has 0 saturated carbocycles. The average molecular weight is 423 g/mol. The number of quaternary nitrogens is 1. The van der Waals surface area contributed by atoms with Crippen molar-refractivity contribution < 1.29 is 27.7 Å². The van der Waals surface area contributed by atoms with Crippen molar-refractivity contribution in [1.29, 1.82) is 0 Å². The van der Waals surface area contributed by atoms with E-state index in [-0.39, 0.29) is 22.9 Å². The minimum absolute atomic E-state index is 0.0129. The molecule has 2 atom stereocenters. The molecule has 158 valence electrons. The van der Waals surface area contributed by atoms with Gasteiger partial charge < -0.3 is 19.8 Å². The summed E-state index contributed by atoms with van der Waals surface area (Å²) >= 11 is 0. The Kier molecular flexibility index (Phi) is 6.74. The number of hydrogen-bond donors (Lipinski definition) is 2. The van der Waals surface area contributed by atoms with Crippen LogP contribution >= 0.6 is 0 Å². The SMILES string of the molecule is Cc1ccc(NC(=O)[C@@H](C)[NH2+][C@H](C)c2ccco2)cc1S(=O)(=O)N1CCOCC1. The summed E-state index contributed by atoms with van der Waals surface area (Å²) in [5, 5.41) is 4.72. The van der Waals surface area contributed by atoms with E-state index < -0.39 is 10.0 Å². The predicted octanol–water partition coefficient (Wildman–Crippen LogP) is 1.26. The van der Waals surface area contributed by atoms with E-state index in [0.717, 1.165) is 5.76 Å². The zero-order valence-electron chi connectivity index (χ0n) is 16.9. The lowest BCUT2D eigenvalue weighted by Crippen LogP contribution is -2.91. The number of ether oxygens (including phenoxy) is 1. The molecule has 1 aromatic carbocycles. The number of amides is 1. The molecule has 8 nitrogen and oxygen atoms in total. The van der Waals surface area contributed by atoms with Crippen LogP contribution in [-0.4, -0.2) is 51.0 Å². The van der Waals surface area contributed by atoms with Crippen LogP contribution in [-0.2, 0) is 19.6 Å². The van der Waals surface area contributed by atoms with Gasteiger partial charge in [0.15, 0.2) is 11.8 Å². The predicted molar refractivity (Wildman–Crippen MR) is 108 cm³/mol. The van der Waals surface area contributed by atoms with Crippen LogP contribution < -0.4 is 10.6 Å². The molecule has 0 aliphatic carbocycles. The largest absolute Gasteiger partial charge is 0.463 e. The first kappa shape index (κ1) is 21.5. The van der Waals surface area contributed by atoms with Gasteiger partial charge >= 0.3 is 0 Å². The number of sulfonamides is 1. The number of benzene rings is 1. The first-order valence-electron chi connectivity index (χ1n) is 9.67. The maximum Gasteiger partial charge on any atom is 0.282 e. The molecule has 0 spiro atoms. The summed E-state index contributed by atoms with van der Waals surface area (Å²) in [6.07, 6.45) is 1.60. The maximum absolute atomic E-state index is 13.0. The minimum atomic E-state index is -3.64. The van der Waals surface area contributed by atoms with E-state index >= 15 is 0 Å². The van der Waals surface area contributed by atoms with Gasteiger partial charge in [0.25, 0.3) is 5.91 Å². The molecule has 3 N–H and O–H groups in total. The lowest BCUT2D eigenvalue weighted by Gasteiger charge is -2.27. The van der Waals surface area contributed by atoms with Crippen LogP contribution in [0.15, 0.2) is 45.9 Å². The zero-order chi connectivity index (χ0) is 21.0. The molecule has 1 aliphatic rings. The minimum Gasteiger partial charge on any atom is -0.463 e. The molecular weight excluding hydrogens is 394 g/mol. The van der Waals surface area contributed by atoms with Gasteiger partial charge in [-0.25, -0.2) is 8.42 Å².